The van der Waals surface area contributed by atoms with Gasteiger partial charge in [-0.25, -0.2) is 0 Å². The molecule has 0 aliphatic rings. The molecule has 90 valence electrons. The molecule has 0 N–H and O–H groups in total. The summed E-state index contributed by atoms with van der Waals surface area (Å²) in [4.78, 5) is 0. The molecule has 1 rings (SSSR count). The van der Waals surface area contributed by atoms with Crippen molar-refractivity contribution in [2.24, 2.45) is 0 Å². The molecule has 1 aromatic carbocycles. The molecule has 1 aromatic rings. The molecule has 16 heavy (non-hydrogen) atoms. The second-order valence-electron chi connectivity index (χ2n) is 3.33. The van der Waals surface area contributed by atoms with Crippen LogP contribution in [0.1, 0.15) is 18.6 Å². The van der Waals surface area contributed by atoms with Crippen LogP contribution in [-0.4, -0.2) is 28.4 Å². The first-order chi connectivity index (χ1) is 7.67. The lowest BCUT2D eigenvalue weighted by molar-refractivity contribution is 0.116. The van der Waals surface area contributed by atoms with E-state index in [0.29, 0.717) is 11.5 Å². The molecular weight excluding hydrogens is 208 g/mol. The highest BCUT2D eigenvalue weighted by Gasteiger charge is 2.16. The van der Waals surface area contributed by atoms with Gasteiger partial charge in [0.15, 0.2) is 11.5 Å². The molecule has 0 heterocycles. The number of hydrogen-bond acceptors (Lipinski definition) is 4. The SMILES string of the molecule is COc1cc(OC)c([C@@H](C)OC)cc1OC. The van der Waals surface area contributed by atoms with Gasteiger partial charge >= 0.3 is 0 Å². The maximum Gasteiger partial charge on any atom is 0.164 e. The molecule has 0 fully saturated rings. The average molecular weight is 226 g/mol. The number of hydrogen-bond donors (Lipinski definition) is 0. The zero-order valence-corrected chi connectivity index (χ0v) is 10.4. The highest BCUT2D eigenvalue weighted by Crippen LogP contribution is 2.38. The van der Waals surface area contributed by atoms with Gasteiger partial charge in [-0.15, -0.1) is 0 Å². The van der Waals surface area contributed by atoms with Crippen molar-refractivity contribution in [3.05, 3.63) is 17.7 Å². The van der Waals surface area contributed by atoms with Gasteiger partial charge < -0.3 is 18.9 Å². The van der Waals surface area contributed by atoms with Crippen LogP contribution in [0, 0.1) is 0 Å². The van der Waals surface area contributed by atoms with E-state index in [4.69, 9.17) is 18.9 Å². The standard InChI is InChI=1S/C12H18O4/c1-8(13-2)9-6-11(15-4)12(16-5)7-10(9)14-3/h6-8H,1-5H3/t8-/m1/s1. The predicted molar refractivity (Wildman–Crippen MR) is 61.5 cm³/mol. The topological polar surface area (TPSA) is 36.9 Å². The molecular formula is C12H18O4. The summed E-state index contributed by atoms with van der Waals surface area (Å²) in [5, 5.41) is 0. The van der Waals surface area contributed by atoms with Gasteiger partial charge in [0.1, 0.15) is 5.75 Å². The number of rotatable bonds is 5. The fraction of sp³-hybridized carbons (Fsp3) is 0.500. The van der Waals surface area contributed by atoms with E-state index in [1.807, 2.05) is 13.0 Å². The Balaban J connectivity index is 3.25. The quantitative estimate of drug-likeness (QED) is 0.772. The molecule has 0 unspecified atom stereocenters. The zero-order chi connectivity index (χ0) is 12.1. The van der Waals surface area contributed by atoms with Crippen LogP contribution in [0.25, 0.3) is 0 Å². The van der Waals surface area contributed by atoms with E-state index in [9.17, 15) is 0 Å². The van der Waals surface area contributed by atoms with Crippen LogP contribution in [-0.2, 0) is 4.74 Å². The van der Waals surface area contributed by atoms with Gasteiger partial charge in [0.25, 0.3) is 0 Å². The molecule has 0 spiro atoms. The number of benzene rings is 1. The molecule has 0 bridgehead atoms. The highest BCUT2D eigenvalue weighted by atomic mass is 16.5. The van der Waals surface area contributed by atoms with Crippen molar-refractivity contribution >= 4 is 0 Å². The largest absolute Gasteiger partial charge is 0.496 e. The van der Waals surface area contributed by atoms with Crippen LogP contribution in [0.15, 0.2) is 12.1 Å². The number of methoxy groups -OCH3 is 4. The van der Waals surface area contributed by atoms with Gasteiger partial charge in [-0.1, -0.05) is 0 Å². The predicted octanol–water partition coefficient (Wildman–Crippen LogP) is 2.42. The van der Waals surface area contributed by atoms with Crippen molar-refractivity contribution < 1.29 is 18.9 Å². The Morgan fingerprint density at radius 1 is 0.812 bits per heavy atom. The normalized spacial score (nSPS) is 12.1. The van der Waals surface area contributed by atoms with Gasteiger partial charge in [0, 0.05) is 18.7 Å². The Labute approximate surface area is 96.1 Å². The molecule has 0 saturated carbocycles. The maximum absolute atomic E-state index is 5.29. The Morgan fingerprint density at radius 3 is 1.75 bits per heavy atom. The van der Waals surface area contributed by atoms with E-state index in [1.165, 1.54) is 0 Å². The third-order valence-electron chi connectivity index (χ3n) is 2.53. The Kier molecular flexibility index (Phi) is 4.43. The third-order valence-corrected chi connectivity index (χ3v) is 2.53. The first-order valence-electron chi connectivity index (χ1n) is 5.00. The second-order valence-corrected chi connectivity index (χ2v) is 3.33. The number of ether oxygens (including phenoxy) is 4. The maximum atomic E-state index is 5.29. The van der Waals surface area contributed by atoms with Crippen LogP contribution in [0.4, 0.5) is 0 Å². The van der Waals surface area contributed by atoms with Crippen molar-refractivity contribution in [1.82, 2.24) is 0 Å². The lowest BCUT2D eigenvalue weighted by Gasteiger charge is -2.17. The molecule has 1 atom stereocenters. The van der Waals surface area contributed by atoms with Crippen LogP contribution in [0.2, 0.25) is 0 Å². The van der Waals surface area contributed by atoms with Crippen LogP contribution in [0.5, 0.6) is 17.2 Å². The summed E-state index contributed by atoms with van der Waals surface area (Å²) in [6.45, 7) is 1.95. The van der Waals surface area contributed by atoms with E-state index in [2.05, 4.69) is 0 Å². The molecule has 0 radical (unpaired) electrons. The van der Waals surface area contributed by atoms with E-state index < -0.39 is 0 Å². The summed E-state index contributed by atoms with van der Waals surface area (Å²) < 4.78 is 21.0. The monoisotopic (exact) mass is 226 g/mol. The summed E-state index contributed by atoms with van der Waals surface area (Å²) in [6, 6.07) is 3.66. The van der Waals surface area contributed by atoms with Crippen molar-refractivity contribution in [3.8, 4) is 17.2 Å². The van der Waals surface area contributed by atoms with Gasteiger partial charge in [-0.05, 0) is 13.0 Å². The Bertz CT molecular complexity index is 349. The second kappa shape index (κ2) is 5.61. The van der Waals surface area contributed by atoms with Gasteiger partial charge in [-0.3, -0.25) is 0 Å². The summed E-state index contributed by atoms with van der Waals surface area (Å²) in [7, 11) is 6.47. The Morgan fingerprint density at radius 2 is 1.31 bits per heavy atom. The average Bonchev–Trinajstić information content (AvgIpc) is 2.35. The van der Waals surface area contributed by atoms with Crippen LogP contribution in [0.3, 0.4) is 0 Å². The minimum Gasteiger partial charge on any atom is -0.496 e. The Hall–Kier alpha value is -1.42. The smallest absolute Gasteiger partial charge is 0.164 e. The lowest BCUT2D eigenvalue weighted by Crippen LogP contribution is -2.01. The van der Waals surface area contributed by atoms with E-state index >= 15 is 0 Å². The summed E-state index contributed by atoms with van der Waals surface area (Å²) in [6.07, 6.45) is -0.0604. The molecule has 0 aliphatic heterocycles. The zero-order valence-electron chi connectivity index (χ0n) is 10.4. The highest BCUT2D eigenvalue weighted by molar-refractivity contribution is 5.51. The van der Waals surface area contributed by atoms with Gasteiger partial charge in [0.05, 0.1) is 27.4 Å². The fourth-order valence-corrected chi connectivity index (χ4v) is 1.50. The molecule has 0 aromatic heterocycles. The summed E-state index contributed by atoms with van der Waals surface area (Å²) >= 11 is 0. The molecule has 0 aliphatic carbocycles. The minimum atomic E-state index is -0.0604. The van der Waals surface area contributed by atoms with Gasteiger partial charge in [-0.2, -0.15) is 0 Å². The van der Waals surface area contributed by atoms with Crippen molar-refractivity contribution in [3.63, 3.8) is 0 Å². The van der Waals surface area contributed by atoms with Crippen molar-refractivity contribution in [2.45, 2.75) is 13.0 Å². The van der Waals surface area contributed by atoms with Crippen LogP contribution >= 0.6 is 0 Å². The van der Waals surface area contributed by atoms with Crippen molar-refractivity contribution in [2.75, 3.05) is 28.4 Å². The molecule has 0 saturated heterocycles. The molecule has 0 amide bonds. The summed E-state index contributed by atoms with van der Waals surface area (Å²) in [5.74, 6) is 2.04. The lowest BCUT2D eigenvalue weighted by atomic mass is 10.1. The van der Waals surface area contributed by atoms with E-state index in [-0.39, 0.29) is 6.10 Å². The van der Waals surface area contributed by atoms with Crippen LogP contribution < -0.4 is 14.2 Å². The molecule has 4 nitrogen and oxygen atoms in total. The summed E-state index contributed by atoms with van der Waals surface area (Å²) in [5.41, 5.74) is 0.933. The van der Waals surface area contributed by atoms with E-state index in [1.54, 1.807) is 34.5 Å². The fourth-order valence-electron chi connectivity index (χ4n) is 1.50. The van der Waals surface area contributed by atoms with Crippen molar-refractivity contribution in [1.29, 1.82) is 0 Å². The minimum absolute atomic E-state index is 0.0604. The van der Waals surface area contributed by atoms with E-state index in [0.717, 1.165) is 11.3 Å². The van der Waals surface area contributed by atoms with Gasteiger partial charge in [0.2, 0.25) is 0 Å². The first kappa shape index (κ1) is 12.6. The first-order valence-corrected chi connectivity index (χ1v) is 5.00. The third kappa shape index (κ3) is 2.39. The molecule has 4 heteroatoms.